The summed E-state index contributed by atoms with van der Waals surface area (Å²) in [5, 5.41) is 10.4. The summed E-state index contributed by atoms with van der Waals surface area (Å²) in [6.45, 7) is 2.33. The lowest BCUT2D eigenvalue weighted by atomic mass is 9.52. The molecule has 0 aromatic rings. The van der Waals surface area contributed by atoms with Crippen molar-refractivity contribution in [2.24, 2.45) is 29.1 Å². The first-order chi connectivity index (χ1) is 11.6. The zero-order valence-electron chi connectivity index (χ0n) is 14.6. The van der Waals surface area contributed by atoms with Crippen molar-refractivity contribution in [3.8, 4) is 0 Å². The first kappa shape index (κ1) is 19.0. The standard InChI is InChI=1S/C18H26O2.H2O4S/c1-18-9-8-14-13-5-3-12(19)10-11(13)2-4-15(14)16(18)6-7-17(18)20;1-5(2,3)4/h10,13-17,20H,2-9H2,1H3;(H2,1,2,3,4)/t13-,14+,15+,16-,17-,18-;/m0./s1. The van der Waals surface area contributed by atoms with Crippen LogP contribution < -0.4 is 0 Å². The molecule has 0 unspecified atom stereocenters. The van der Waals surface area contributed by atoms with E-state index in [4.69, 9.17) is 17.5 Å². The van der Waals surface area contributed by atoms with Crippen molar-refractivity contribution in [1.82, 2.24) is 0 Å². The fourth-order valence-corrected chi connectivity index (χ4v) is 6.15. The van der Waals surface area contributed by atoms with Crippen LogP contribution in [-0.2, 0) is 15.2 Å². The second-order valence-electron chi connectivity index (χ2n) is 8.39. The van der Waals surface area contributed by atoms with Crippen LogP contribution in [0.3, 0.4) is 0 Å². The van der Waals surface area contributed by atoms with Gasteiger partial charge in [0.1, 0.15) is 0 Å². The molecule has 0 bridgehead atoms. The Morgan fingerprint density at radius 3 is 2.40 bits per heavy atom. The zero-order valence-corrected chi connectivity index (χ0v) is 15.4. The third-order valence-electron chi connectivity index (χ3n) is 7.25. The fourth-order valence-electron chi connectivity index (χ4n) is 6.15. The molecule has 4 aliphatic rings. The summed E-state index contributed by atoms with van der Waals surface area (Å²) in [6, 6.07) is 0. The molecule has 142 valence electrons. The lowest BCUT2D eigenvalue weighted by Crippen LogP contribution is -2.47. The Bertz CT molecular complexity index is 661. The van der Waals surface area contributed by atoms with Crippen LogP contribution in [0.4, 0.5) is 0 Å². The maximum atomic E-state index is 11.6. The minimum absolute atomic E-state index is 0.0710. The van der Waals surface area contributed by atoms with Crippen LogP contribution in [0.5, 0.6) is 0 Å². The van der Waals surface area contributed by atoms with Gasteiger partial charge >= 0.3 is 10.4 Å². The van der Waals surface area contributed by atoms with Gasteiger partial charge < -0.3 is 5.11 Å². The van der Waals surface area contributed by atoms with Gasteiger partial charge in [-0.05, 0) is 80.1 Å². The van der Waals surface area contributed by atoms with Gasteiger partial charge in [0.25, 0.3) is 0 Å². The highest BCUT2D eigenvalue weighted by Crippen LogP contribution is 2.61. The Morgan fingerprint density at radius 2 is 1.72 bits per heavy atom. The van der Waals surface area contributed by atoms with Gasteiger partial charge in [-0.25, -0.2) is 0 Å². The van der Waals surface area contributed by atoms with Crippen molar-refractivity contribution < 1.29 is 27.4 Å². The fraction of sp³-hybridized carbons (Fsp3) is 0.833. The average molecular weight is 372 g/mol. The van der Waals surface area contributed by atoms with E-state index in [1.165, 1.54) is 31.3 Å². The molecule has 6 atom stereocenters. The maximum Gasteiger partial charge on any atom is 0.394 e. The van der Waals surface area contributed by atoms with Crippen molar-refractivity contribution >= 4 is 16.2 Å². The van der Waals surface area contributed by atoms with E-state index in [9.17, 15) is 9.90 Å². The van der Waals surface area contributed by atoms with E-state index in [0.717, 1.165) is 43.4 Å². The third-order valence-corrected chi connectivity index (χ3v) is 7.25. The summed E-state index contributed by atoms with van der Waals surface area (Å²) in [7, 11) is -4.67. The predicted octanol–water partition coefficient (Wildman–Crippen LogP) is 2.84. The van der Waals surface area contributed by atoms with E-state index in [2.05, 4.69) is 6.92 Å². The minimum atomic E-state index is -4.67. The predicted molar refractivity (Wildman–Crippen MR) is 92.3 cm³/mol. The molecule has 4 rings (SSSR count). The van der Waals surface area contributed by atoms with Gasteiger partial charge in [0.05, 0.1) is 6.10 Å². The molecule has 0 spiro atoms. The van der Waals surface area contributed by atoms with Crippen molar-refractivity contribution in [3.63, 3.8) is 0 Å². The Balaban J connectivity index is 0.000000324. The van der Waals surface area contributed by atoms with Crippen molar-refractivity contribution in [2.45, 2.75) is 64.4 Å². The molecule has 0 aromatic heterocycles. The molecule has 7 heteroatoms. The Labute approximate surface area is 149 Å². The Kier molecular flexibility index (Phi) is 5.14. The molecular weight excluding hydrogens is 344 g/mol. The SMILES string of the molecule is C[C@]12CC[C@H]3[C@@H](CCC4=CC(=O)CC[C@@H]43)[C@@H]1CC[C@@H]2O.O=S(=O)(O)O. The first-order valence-electron chi connectivity index (χ1n) is 9.21. The Morgan fingerprint density at radius 1 is 1.04 bits per heavy atom. The number of carbonyl (C=O) groups excluding carboxylic acids is 1. The quantitative estimate of drug-likeness (QED) is 0.564. The topological polar surface area (TPSA) is 112 Å². The molecule has 3 fully saturated rings. The third kappa shape index (κ3) is 3.84. The van der Waals surface area contributed by atoms with Gasteiger partial charge in [0.2, 0.25) is 0 Å². The normalized spacial score (nSPS) is 43.1. The van der Waals surface area contributed by atoms with Gasteiger partial charge in [-0.3, -0.25) is 13.9 Å². The highest BCUT2D eigenvalue weighted by Gasteiger charge is 2.55. The lowest BCUT2D eigenvalue weighted by Gasteiger charge is -2.53. The maximum absolute atomic E-state index is 11.6. The van der Waals surface area contributed by atoms with Crippen LogP contribution in [0.2, 0.25) is 0 Å². The summed E-state index contributed by atoms with van der Waals surface area (Å²) < 4.78 is 31.6. The molecule has 0 radical (unpaired) electrons. The molecule has 0 aromatic carbocycles. The number of ketones is 1. The highest BCUT2D eigenvalue weighted by molar-refractivity contribution is 7.79. The molecule has 25 heavy (non-hydrogen) atoms. The number of allylic oxidation sites excluding steroid dienone is 1. The molecular formula is C18H28O6S. The van der Waals surface area contributed by atoms with Crippen LogP contribution in [0.15, 0.2) is 11.6 Å². The monoisotopic (exact) mass is 372 g/mol. The Hall–Kier alpha value is -0.760. The number of aliphatic hydroxyl groups excluding tert-OH is 1. The van der Waals surface area contributed by atoms with Gasteiger partial charge in [-0.2, -0.15) is 8.42 Å². The van der Waals surface area contributed by atoms with Crippen molar-refractivity contribution in [2.75, 3.05) is 0 Å². The number of fused-ring (bicyclic) bond motifs is 5. The smallest absolute Gasteiger partial charge is 0.393 e. The summed E-state index contributed by atoms with van der Waals surface area (Å²) in [5.74, 6) is 3.38. The number of hydrogen-bond acceptors (Lipinski definition) is 4. The molecule has 0 amide bonds. The lowest BCUT2D eigenvalue weighted by molar-refractivity contribution is -0.116. The first-order valence-corrected chi connectivity index (χ1v) is 10.6. The number of rotatable bonds is 0. The van der Waals surface area contributed by atoms with Crippen LogP contribution in [0.1, 0.15) is 58.3 Å². The molecule has 3 saturated carbocycles. The van der Waals surface area contributed by atoms with E-state index in [-0.39, 0.29) is 11.5 Å². The van der Waals surface area contributed by atoms with E-state index in [1.54, 1.807) is 0 Å². The van der Waals surface area contributed by atoms with Gasteiger partial charge in [0.15, 0.2) is 5.78 Å². The van der Waals surface area contributed by atoms with Gasteiger partial charge in [0, 0.05) is 6.42 Å². The van der Waals surface area contributed by atoms with Gasteiger partial charge in [-0.15, -0.1) is 0 Å². The number of carbonyl (C=O) groups is 1. The number of aliphatic hydroxyl groups is 1. The molecule has 4 aliphatic carbocycles. The van der Waals surface area contributed by atoms with Crippen molar-refractivity contribution in [1.29, 1.82) is 0 Å². The van der Waals surface area contributed by atoms with Gasteiger partial charge in [-0.1, -0.05) is 12.5 Å². The summed E-state index contributed by atoms with van der Waals surface area (Å²) >= 11 is 0. The zero-order chi connectivity index (χ0) is 18.4. The van der Waals surface area contributed by atoms with E-state index >= 15 is 0 Å². The van der Waals surface area contributed by atoms with Crippen molar-refractivity contribution in [3.05, 3.63) is 11.6 Å². The van der Waals surface area contributed by atoms with E-state index < -0.39 is 10.4 Å². The minimum Gasteiger partial charge on any atom is -0.393 e. The average Bonchev–Trinajstić information content (AvgIpc) is 2.81. The molecule has 0 aliphatic heterocycles. The van der Waals surface area contributed by atoms with Crippen LogP contribution in [0.25, 0.3) is 0 Å². The molecule has 6 nitrogen and oxygen atoms in total. The summed E-state index contributed by atoms with van der Waals surface area (Å²) in [5.41, 5.74) is 1.65. The second-order valence-corrected chi connectivity index (χ2v) is 9.28. The van der Waals surface area contributed by atoms with E-state index in [0.29, 0.717) is 11.7 Å². The van der Waals surface area contributed by atoms with Crippen LogP contribution in [-0.4, -0.2) is 34.5 Å². The molecule has 3 N–H and O–H groups in total. The second kappa shape index (κ2) is 6.76. The highest BCUT2D eigenvalue weighted by atomic mass is 32.3. The van der Waals surface area contributed by atoms with E-state index in [1.807, 2.05) is 6.08 Å². The number of hydrogen-bond donors (Lipinski definition) is 3. The largest absolute Gasteiger partial charge is 0.394 e. The molecule has 0 saturated heterocycles. The van der Waals surface area contributed by atoms with Crippen LogP contribution >= 0.6 is 0 Å². The van der Waals surface area contributed by atoms with Crippen LogP contribution in [0, 0.1) is 29.1 Å². The summed E-state index contributed by atoms with van der Waals surface area (Å²) in [6.07, 6.45) is 10.9. The molecule has 0 heterocycles. The summed E-state index contributed by atoms with van der Waals surface area (Å²) in [4.78, 5) is 11.6.